The van der Waals surface area contributed by atoms with Crippen molar-refractivity contribution >= 4 is 35.0 Å². The summed E-state index contributed by atoms with van der Waals surface area (Å²) < 4.78 is 13.0. The average molecular weight is 393 g/mol. The molecular weight excluding hydrogens is 377 g/mol. The summed E-state index contributed by atoms with van der Waals surface area (Å²) >= 11 is 0. The Bertz CT molecular complexity index is 1130. The first kappa shape index (κ1) is 18.4. The Hall–Kier alpha value is -4.01. The van der Waals surface area contributed by atoms with Crippen molar-refractivity contribution in [2.45, 2.75) is 12.3 Å². The number of hydrogen-bond acceptors (Lipinski definition) is 5. The molecule has 1 aromatic heterocycles. The van der Waals surface area contributed by atoms with Gasteiger partial charge in [-0.15, -0.1) is 0 Å². The maximum Gasteiger partial charge on any atom is 0.258 e. The molecule has 2 heterocycles. The number of aromatic nitrogens is 2. The molecule has 1 aliphatic heterocycles. The predicted molar refractivity (Wildman–Crippen MR) is 106 cm³/mol. The number of fused-ring (bicyclic) bond motifs is 1. The Morgan fingerprint density at radius 2 is 1.76 bits per heavy atom. The van der Waals surface area contributed by atoms with Crippen LogP contribution in [0.5, 0.6) is 0 Å². The molecule has 0 unspecified atom stereocenters. The highest BCUT2D eigenvalue weighted by Gasteiger charge is 2.34. The summed E-state index contributed by atoms with van der Waals surface area (Å²) in [5.74, 6) is -2.19. The molecule has 9 heteroatoms. The zero-order valence-corrected chi connectivity index (χ0v) is 15.0. The maximum absolute atomic E-state index is 13.0. The zero-order chi connectivity index (χ0) is 20.4. The predicted octanol–water partition coefficient (Wildman–Crippen LogP) is 2.72. The number of nitrogens with one attached hydrogen (secondary N) is 4. The van der Waals surface area contributed by atoms with Crippen molar-refractivity contribution in [3.63, 3.8) is 0 Å². The third-order valence-corrected chi connectivity index (χ3v) is 4.42. The third-order valence-electron chi connectivity index (χ3n) is 4.42. The number of para-hydroxylation sites is 1. The molecule has 0 fully saturated rings. The van der Waals surface area contributed by atoms with Gasteiger partial charge in [-0.05, 0) is 36.4 Å². The van der Waals surface area contributed by atoms with Crippen molar-refractivity contribution in [1.82, 2.24) is 9.97 Å². The second kappa shape index (κ2) is 7.55. The van der Waals surface area contributed by atoms with Gasteiger partial charge in [0.05, 0.1) is 11.5 Å². The van der Waals surface area contributed by atoms with Crippen molar-refractivity contribution in [3.8, 4) is 0 Å². The lowest BCUT2D eigenvalue weighted by Crippen LogP contribution is -2.36. The molecule has 0 spiro atoms. The lowest BCUT2D eigenvalue weighted by Gasteiger charge is -2.23. The normalized spacial score (nSPS) is 15.2. The molecule has 1 aliphatic rings. The van der Waals surface area contributed by atoms with Gasteiger partial charge in [-0.25, -0.2) is 4.39 Å². The summed E-state index contributed by atoms with van der Waals surface area (Å²) in [6.07, 6.45) is -0.166. The second-order valence-electron chi connectivity index (χ2n) is 6.47. The first-order chi connectivity index (χ1) is 14.0. The van der Waals surface area contributed by atoms with Crippen molar-refractivity contribution in [1.29, 1.82) is 0 Å². The lowest BCUT2D eigenvalue weighted by atomic mass is 9.92. The molecule has 0 saturated carbocycles. The van der Waals surface area contributed by atoms with Crippen LogP contribution >= 0.6 is 0 Å². The van der Waals surface area contributed by atoms with Crippen LogP contribution in [0.15, 0.2) is 59.4 Å². The van der Waals surface area contributed by atoms with Crippen LogP contribution in [0.1, 0.15) is 17.9 Å². The number of aromatic amines is 1. The smallest absolute Gasteiger partial charge is 0.258 e. The molecule has 2 aromatic carbocycles. The number of carbonyl (C=O) groups excluding carboxylic acids is 2. The highest BCUT2D eigenvalue weighted by molar-refractivity contribution is 6.04. The van der Waals surface area contributed by atoms with Gasteiger partial charge in [0.1, 0.15) is 11.6 Å². The van der Waals surface area contributed by atoms with E-state index >= 15 is 0 Å². The van der Waals surface area contributed by atoms with Crippen molar-refractivity contribution < 1.29 is 14.0 Å². The topological polar surface area (TPSA) is 116 Å². The van der Waals surface area contributed by atoms with Crippen LogP contribution < -0.4 is 21.5 Å². The van der Waals surface area contributed by atoms with E-state index in [4.69, 9.17) is 0 Å². The van der Waals surface area contributed by atoms with Crippen molar-refractivity contribution in [2.24, 2.45) is 0 Å². The van der Waals surface area contributed by atoms with Crippen LogP contribution in [-0.4, -0.2) is 21.8 Å². The second-order valence-corrected chi connectivity index (χ2v) is 6.47. The summed E-state index contributed by atoms with van der Waals surface area (Å²) in [6.45, 7) is 0. The van der Waals surface area contributed by atoms with Crippen LogP contribution in [0.2, 0.25) is 0 Å². The van der Waals surface area contributed by atoms with Gasteiger partial charge in [0.15, 0.2) is 0 Å². The summed E-state index contributed by atoms with van der Waals surface area (Å²) in [5, 5.41) is 8.08. The van der Waals surface area contributed by atoms with E-state index in [0.717, 1.165) is 0 Å². The van der Waals surface area contributed by atoms with E-state index in [9.17, 15) is 18.8 Å². The van der Waals surface area contributed by atoms with Crippen LogP contribution in [0.3, 0.4) is 0 Å². The number of carbonyl (C=O) groups is 2. The van der Waals surface area contributed by atoms with Gasteiger partial charge in [0, 0.05) is 17.8 Å². The molecule has 0 saturated heterocycles. The van der Waals surface area contributed by atoms with Gasteiger partial charge in [-0.2, -0.15) is 4.98 Å². The minimum atomic E-state index is -0.977. The number of hydrogen-bond donors (Lipinski definition) is 4. The van der Waals surface area contributed by atoms with E-state index in [2.05, 4.69) is 25.9 Å². The van der Waals surface area contributed by atoms with Gasteiger partial charge in [-0.1, -0.05) is 18.2 Å². The first-order valence-electron chi connectivity index (χ1n) is 8.82. The largest absolute Gasteiger partial charge is 0.326 e. The van der Waals surface area contributed by atoms with E-state index in [-0.39, 0.29) is 23.8 Å². The SMILES string of the molecule is O=C1C[C@@H](C(=O)Nc2ccccc2)c2c(nc(Nc3ccc(F)cc3)[nH]c2=O)N1. The number of benzene rings is 2. The Kier molecular flexibility index (Phi) is 4.78. The van der Waals surface area contributed by atoms with Gasteiger partial charge in [0.2, 0.25) is 17.8 Å². The molecule has 146 valence electrons. The fourth-order valence-corrected chi connectivity index (χ4v) is 3.08. The summed E-state index contributed by atoms with van der Waals surface area (Å²) in [5.41, 5.74) is 0.592. The Balaban J connectivity index is 1.64. The molecule has 4 N–H and O–H groups in total. The summed E-state index contributed by atoms with van der Waals surface area (Å²) in [6, 6.07) is 14.2. The molecule has 0 radical (unpaired) electrons. The monoisotopic (exact) mass is 393 g/mol. The fourth-order valence-electron chi connectivity index (χ4n) is 3.08. The lowest BCUT2D eigenvalue weighted by molar-refractivity contribution is -0.123. The quantitative estimate of drug-likeness (QED) is 0.544. The fraction of sp³-hybridized carbons (Fsp3) is 0.100. The number of nitrogens with zero attached hydrogens (tertiary/aromatic N) is 1. The van der Waals surface area contributed by atoms with E-state index in [0.29, 0.717) is 11.4 Å². The third kappa shape index (κ3) is 3.98. The average Bonchev–Trinajstić information content (AvgIpc) is 2.69. The molecule has 8 nitrogen and oxygen atoms in total. The van der Waals surface area contributed by atoms with Crippen molar-refractivity contribution in [2.75, 3.05) is 16.0 Å². The number of anilines is 4. The van der Waals surface area contributed by atoms with E-state index in [1.165, 1.54) is 24.3 Å². The maximum atomic E-state index is 13.0. The molecular formula is C20H16FN5O3. The van der Waals surface area contributed by atoms with Crippen LogP contribution in [0.4, 0.5) is 27.5 Å². The Labute approximate surface area is 164 Å². The van der Waals surface area contributed by atoms with Crippen molar-refractivity contribution in [3.05, 3.63) is 76.3 Å². The molecule has 29 heavy (non-hydrogen) atoms. The van der Waals surface area contributed by atoms with Gasteiger partial charge in [0.25, 0.3) is 5.56 Å². The number of H-pyrrole nitrogens is 1. The molecule has 3 aromatic rings. The van der Waals surface area contributed by atoms with E-state index in [1.807, 2.05) is 6.07 Å². The number of rotatable bonds is 4. The van der Waals surface area contributed by atoms with E-state index < -0.39 is 29.1 Å². The van der Waals surface area contributed by atoms with Crippen LogP contribution in [0, 0.1) is 5.82 Å². The summed E-state index contributed by atoms with van der Waals surface area (Å²) in [7, 11) is 0. The minimum absolute atomic E-state index is 0.0165. The van der Waals surface area contributed by atoms with Gasteiger partial charge < -0.3 is 16.0 Å². The minimum Gasteiger partial charge on any atom is -0.326 e. The molecule has 2 amide bonds. The van der Waals surface area contributed by atoms with Gasteiger partial charge >= 0.3 is 0 Å². The molecule has 4 rings (SSSR count). The highest BCUT2D eigenvalue weighted by atomic mass is 19.1. The molecule has 0 aliphatic carbocycles. The Morgan fingerprint density at radius 3 is 2.48 bits per heavy atom. The number of amides is 2. The highest BCUT2D eigenvalue weighted by Crippen LogP contribution is 2.30. The summed E-state index contributed by atoms with van der Waals surface area (Å²) in [4.78, 5) is 44.3. The number of halogens is 1. The van der Waals surface area contributed by atoms with E-state index in [1.54, 1.807) is 24.3 Å². The van der Waals surface area contributed by atoms with Crippen LogP contribution in [-0.2, 0) is 9.59 Å². The van der Waals surface area contributed by atoms with Crippen LogP contribution in [0.25, 0.3) is 0 Å². The zero-order valence-electron chi connectivity index (χ0n) is 15.0. The van der Waals surface area contributed by atoms with Gasteiger partial charge in [-0.3, -0.25) is 19.4 Å². The first-order valence-corrected chi connectivity index (χ1v) is 8.82. The molecule has 0 bridgehead atoms. The standard InChI is InChI=1S/C20H16FN5O3/c21-11-6-8-13(9-7-11)23-20-25-17-16(19(29)26-20)14(10-15(27)24-17)18(28)22-12-4-2-1-3-5-12/h1-9,14H,10H2,(H,22,28)(H3,23,24,25,26,27,29)/t14-/m1/s1. The Morgan fingerprint density at radius 1 is 1.03 bits per heavy atom. The molecule has 1 atom stereocenters.